The Morgan fingerprint density at radius 3 is 1.64 bits per heavy atom. The highest BCUT2D eigenvalue weighted by atomic mass is 19.1. The second kappa shape index (κ2) is 12.7. The van der Waals surface area contributed by atoms with Crippen molar-refractivity contribution in [2.45, 2.75) is 26.2 Å². The van der Waals surface area contributed by atoms with Crippen LogP contribution in [0.3, 0.4) is 0 Å². The zero-order valence-electron chi connectivity index (χ0n) is 31.1. The second-order valence-electron chi connectivity index (χ2n) is 15.3. The number of hydrogen-bond donors (Lipinski definition) is 0. The summed E-state index contributed by atoms with van der Waals surface area (Å²) >= 11 is 0. The third-order valence-electron chi connectivity index (χ3n) is 11.5. The molecule has 264 valence electrons. The fraction of sp³-hybridized carbons (Fsp3) is 0.0769. The lowest BCUT2D eigenvalue weighted by atomic mass is 9.81. The molecule has 1 heterocycles. The predicted octanol–water partition coefficient (Wildman–Crippen LogP) is 14.3. The number of para-hydroxylation sites is 1. The van der Waals surface area contributed by atoms with E-state index >= 15 is 0 Å². The van der Waals surface area contributed by atoms with Gasteiger partial charge in [0.2, 0.25) is 0 Å². The molecule has 2 nitrogen and oxygen atoms in total. The molecule has 0 saturated heterocycles. The molecule has 9 aromatic rings. The van der Waals surface area contributed by atoms with Crippen LogP contribution in [-0.4, -0.2) is 4.57 Å². The van der Waals surface area contributed by atoms with Crippen molar-refractivity contribution < 1.29 is 4.39 Å². The van der Waals surface area contributed by atoms with Crippen LogP contribution in [0.25, 0.3) is 60.9 Å². The Hall–Kier alpha value is -6.71. The Morgan fingerprint density at radius 2 is 0.964 bits per heavy atom. The van der Waals surface area contributed by atoms with E-state index in [0.717, 1.165) is 55.7 Å². The van der Waals surface area contributed by atoms with Crippen LogP contribution >= 0.6 is 0 Å². The van der Waals surface area contributed by atoms with Gasteiger partial charge in [-0.25, -0.2) is 4.39 Å². The molecule has 0 saturated carbocycles. The zero-order chi connectivity index (χ0) is 37.3. The van der Waals surface area contributed by atoms with Crippen molar-refractivity contribution in [3.05, 3.63) is 204 Å². The number of halogens is 1. The molecule has 0 amide bonds. The van der Waals surface area contributed by atoms with E-state index < -0.39 is 0 Å². The summed E-state index contributed by atoms with van der Waals surface area (Å²) < 4.78 is 16.9. The van der Waals surface area contributed by atoms with Gasteiger partial charge >= 0.3 is 0 Å². The Kier molecular flexibility index (Phi) is 7.60. The fourth-order valence-corrected chi connectivity index (χ4v) is 8.66. The van der Waals surface area contributed by atoms with Crippen molar-refractivity contribution in [1.82, 2.24) is 4.57 Å². The lowest BCUT2D eigenvalue weighted by Gasteiger charge is -2.26. The standard InChI is InChI=1S/C52H39FN2/c1-34-13-22-41(23-14-34)54(43-26-17-36(18-27-43)38-19-28-45-44-11-7-8-12-48(44)52(2,3)49(45)32-38)42-24-15-35(16-25-42)37-20-29-50-46(31-37)47-33-39(53)21-30-51(47)55(50)40-9-5-4-6-10-40/h4-33H,1-3H3. The van der Waals surface area contributed by atoms with Gasteiger partial charge in [-0.15, -0.1) is 0 Å². The first-order chi connectivity index (χ1) is 26.8. The summed E-state index contributed by atoms with van der Waals surface area (Å²) in [5, 5.41) is 1.93. The molecule has 0 unspecified atom stereocenters. The molecule has 0 bridgehead atoms. The maximum Gasteiger partial charge on any atom is 0.123 e. The number of fused-ring (bicyclic) bond motifs is 6. The van der Waals surface area contributed by atoms with Crippen LogP contribution in [0, 0.1) is 12.7 Å². The van der Waals surface area contributed by atoms with Gasteiger partial charge in [0.1, 0.15) is 5.82 Å². The SMILES string of the molecule is Cc1ccc(N(c2ccc(-c3ccc4c(c3)C(C)(C)c3ccccc3-4)cc2)c2ccc(-c3ccc4c(c3)c3cc(F)ccc3n4-c3ccccc3)cc2)cc1. The van der Waals surface area contributed by atoms with Gasteiger partial charge in [-0.05, 0) is 136 Å². The molecule has 1 aliphatic carbocycles. The Morgan fingerprint density at radius 1 is 0.455 bits per heavy atom. The summed E-state index contributed by atoms with van der Waals surface area (Å²) in [6, 6.07) is 64.0. The van der Waals surface area contributed by atoms with Gasteiger partial charge in [-0.2, -0.15) is 0 Å². The number of nitrogens with zero attached hydrogens (tertiary/aromatic N) is 2. The maximum absolute atomic E-state index is 14.6. The van der Waals surface area contributed by atoms with Crippen molar-refractivity contribution in [3.8, 4) is 39.1 Å². The molecule has 0 fully saturated rings. The van der Waals surface area contributed by atoms with Gasteiger partial charge < -0.3 is 9.47 Å². The molecule has 10 rings (SSSR count). The summed E-state index contributed by atoms with van der Waals surface area (Å²) in [5.74, 6) is -0.235. The molecule has 0 radical (unpaired) electrons. The molecule has 0 atom stereocenters. The van der Waals surface area contributed by atoms with Crippen molar-refractivity contribution in [2.24, 2.45) is 0 Å². The average molecular weight is 711 g/mol. The number of benzene rings is 8. The van der Waals surface area contributed by atoms with E-state index in [1.54, 1.807) is 12.1 Å². The van der Waals surface area contributed by atoms with Crippen LogP contribution in [0.4, 0.5) is 21.5 Å². The predicted molar refractivity (Wildman–Crippen MR) is 229 cm³/mol. The molecule has 0 N–H and O–H groups in total. The summed E-state index contributed by atoms with van der Waals surface area (Å²) in [6.07, 6.45) is 0. The van der Waals surface area contributed by atoms with Gasteiger partial charge in [0.05, 0.1) is 11.0 Å². The minimum Gasteiger partial charge on any atom is -0.311 e. The lowest BCUT2D eigenvalue weighted by molar-refractivity contribution is 0.629. The molecule has 0 aliphatic heterocycles. The smallest absolute Gasteiger partial charge is 0.123 e. The highest BCUT2D eigenvalue weighted by Gasteiger charge is 2.35. The van der Waals surface area contributed by atoms with Gasteiger partial charge in [0.25, 0.3) is 0 Å². The molecule has 3 heteroatoms. The van der Waals surface area contributed by atoms with Gasteiger partial charge in [-0.3, -0.25) is 0 Å². The van der Waals surface area contributed by atoms with E-state index in [9.17, 15) is 4.39 Å². The molecule has 1 aliphatic rings. The number of anilines is 3. The average Bonchev–Trinajstić information content (AvgIpc) is 3.66. The zero-order valence-corrected chi connectivity index (χ0v) is 31.1. The van der Waals surface area contributed by atoms with Crippen molar-refractivity contribution in [1.29, 1.82) is 0 Å². The quantitative estimate of drug-likeness (QED) is 0.167. The summed E-state index contributed by atoms with van der Waals surface area (Å²) in [6.45, 7) is 6.79. The largest absolute Gasteiger partial charge is 0.311 e. The second-order valence-corrected chi connectivity index (χ2v) is 15.3. The van der Waals surface area contributed by atoms with Crippen LogP contribution < -0.4 is 4.90 Å². The maximum atomic E-state index is 14.6. The molecular weight excluding hydrogens is 672 g/mol. The highest BCUT2D eigenvalue weighted by Crippen LogP contribution is 2.49. The molecule has 0 spiro atoms. The minimum atomic E-state index is -0.235. The van der Waals surface area contributed by atoms with Gasteiger partial charge in [0.15, 0.2) is 0 Å². The monoisotopic (exact) mass is 710 g/mol. The van der Waals surface area contributed by atoms with Crippen LogP contribution in [0.15, 0.2) is 182 Å². The van der Waals surface area contributed by atoms with Crippen molar-refractivity contribution in [3.63, 3.8) is 0 Å². The minimum absolute atomic E-state index is 0.0407. The third-order valence-corrected chi connectivity index (χ3v) is 11.5. The molecular formula is C52H39FN2. The molecule has 8 aromatic carbocycles. The fourth-order valence-electron chi connectivity index (χ4n) is 8.66. The first kappa shape index (κ1) is 32.9. The van der Waals surface area contributed by atoms with Crippen LogP contribution in [0.5, 0.6) is 0 Å². The third kappa shape index (κ3) is 5.46. The van der Waals surface area contributed by atoms with Crippen LogP contribution in [-0.2, 0) is 5.41 Å². The van der Waals surface area contributed by atoms with E-state index in [0.29, 0.717) is 0 Å². The Labute approximate surface area is 321 Å². The van der Waals surface area contributed by atoms with E-state index in [4.69, 9.17) is 0 Å². The number of rotatable bonds is 6. The van der Waals surface area contributed by atoms with Crippen LogP contribution in [0.2, 0.25) is 0 Å². The summed E-state index contributed by atoms with van der Waals surface area (Å²) in [5.41, 5.74) is 17.6. The Balaban J connectivity index is 1.00. The summed E-state index contributed by atoms with van der Waals surface area (Å²) in [4.78, 5) is 2.31. The topological polar surface area (TPSA) is 8.17 Å². The molecule has 1 aromatic heterocycles. The summed E-state index contributed by atoms with van der Waals surface area (Å²) in [7, 11) is 0. The van der Waals surface area contributed by atoms with Crippen molar-refractivity contribution in [2.75, 3.05) is 4.90 Å². The highest BCUT2D eigenvalue weighted by molar-refractivity contribution is 6.10. The normalized spacial score (nSPS) is 12.9. The van der Waals surface area contributed by atoms with E-state index in [1.165, 1.54) is 38.9 Å². The van der Waals surface area contributed by atoms with Gasteiger partial charge in [0, 0.05) is 38.9 Å². The number of aryl methyl sites for hydroxylation is 1. The lowest BCUT2D eigenvalue weighted by Crippen LogP contribution is -2.14. The molecule has 55 heavy (non-hydrogen) atoms. The van der Waals surface area contributed by atoms with E-state index in [-0.39, 0.29) is 11.2 Å². The van der Waals surface area contributed by atoms with E-state index in [2.05, 4.69) is 176 Å². The van der Waals surface area contributed by atoms with Crippen molar-refractivity contribution >= 4 is 38.9 Å². The Bertz CT molecular complexity index is 2880. The van der Waals surface area contributed by atoms with E-state index in [1.807, 2.05) is 24.3 Å². The first-order valence-electron chi connectivity index (χ1n) is 18.9. The number of aromatic nitrogens is 1. The van der Waals surface area contributed by atoms with Gasteiger partial charge in [-0.1, -0.05) is 116 Å². The van der Waals surface area contributed by atoms with Crippen LogP contribution in [0.1, 0.15) is 30.5 Å². The number of hydrogen-bond acceptors (Lipinski definition) is 1. The first-order valence-corrected chi connectivity index (χ1v) is 18.9.